The number of carbonyl (C=O) groups is 4. The highest BCUT2D eigenvalue weighted by Crippen LogP contribution is 2.41. The molecule has 152 valence electrons. The molecule has 0 radical (unpaired) electrons. The van der Waals surface area contributed by atoms with Crippen molar-refractivity contribution in [3.05, 3.63) is 29.3 Å². The van der Waals surface area contributed by atoms with Crippen LogP contribution < -0.4 is 16.0 Å². The quantitative estimate of drug-likeness (QED) is 0.656. The van der Waals surface area contributed by atoms with E-state index >= 15 is 0 Å². The van der Waals surface area contributed by atoms with E-state index in [0.29, 0.717) is 22.6 Å². The molecule has 3 heterocycles. The van der Waals surface area contributed by atoms with E-state index in [2.05, 4.69) is 16.0 Å². The van der Waals surface area contributed by atoms with Gasteiger partial charge in [0.1, 0.15) is 6.04 Å². The zero-order valence-electron chi connectivity index (χ0n) is 16.1. The molecule has 0 aromatic heterocycles. The lowest BCUT2D eigenvalue weighted by Gasteiger charge is -2.38. The normalized spacial score (nSPS) is 27.8. The van der Waals surface area contributed by atoms with Gasteiger partial charge in [-0.25, -0.2) is 0 Å². The fourth-order valence-corrected chi connectivity index (χ4v) is 5.03. The molecule has 3 fully saturated rings. The number of benzene rings is 1. The molecule has 29 heavy (non-hydrogen) atoms. The van der Waals surface area contributed by atoms with Crippen LogP contribution in [0.5, 0.6) is 0 Å². The molecule has 1 spiro atoms. The van der Waals surface area contributed by atoms with Gasteiger partial charge in [0.15, 0.2) is 0 Å². The molecule has 1 aliphatic carbocycles. The highest BCUT2D eigenvalue weighted by Gasteiger charge is 2.45. The van der Waals surface area contributed by atoms with Gasteiger partial charge in [0.05, 0.1) is 11.1 Å². The van der Waals surface area contributed by atoms with Crippen molar-refractivity contribution in [3.63, 3.8) is 0 Å². The second kappa shape index (κ2) is 6.66. The molecule has 8 heteroatoms. The fraction of sp³-hybridized carbons (Fsp3) is 0.524. The Balaban J connectivity index is 1.28. The maximum Gasteiger partial charge on any atom is 0.262 e. The summed E-state index contributed by atoms with van der Waals surface area (Å²) in [4.78, 5) is 50.1. The van der Waals surface area contributed by atoms with Crippen molar-refractivity contribution in [2.45, 2.75) is 50.1 Å². The zero-order valence-corrected chi connectivity index (χ0v) is 16.1. The molecule has 3 aliphatic heterocycles. The first-order valence-electron chi connectivity index (χ1n) is 10.3. The van der Waals surface area contributed by atoms with Crippen molar-refractivity contribution in [1.29, 1.82) is 0 Å². The monoisotopic (exact) mass is 396 g/mol. The van der Waals surface area contributed by atoms with Crippen molar-refractivity contribution >= 4 is 29.3 Å². The van der Waals surface area contributed by atoms with Crippen LogP contribution in [0.15, 0.2) is 18.2 Å². The van der Waals surface area contributed by atoms with E-state index in [1.807, 2.05) is 0 Å². The van der Waals surface area contributed by atoms with Gasteiger partial charge >= 0.3 is 0 Å². The maximum atomic E-state index is 12.9. The number of piperidine rings is 1. The number of nitrogens with one attached hydrogen (secondary N) is 3. The van der Waals surface area contributed by atoms with E-state index in [1.165, 1.54) is 25.7 Å². The molecule has 1 aromatic rings. The van der Waals surface area contributed by atoms with Gasteiger partial charge in [0, 0.05) is 30.7 Å². The molecule has 0 bridgehead atoms. The molecule has 2 saturated heterocycles. The minimum Gasteiger partial charge on any atom is -0.385 e. The Labute approximate surface area is 168 Å². The highest BCUT2D eigenvalue weighted by molar-refractivity contribution is 6.23. The van der Waals surface area contributed by atoms with Gasteiger partial charge in [-0.3, -0.25) is 29.4 Å². The molecule has 2 atom stereocenters. The van der Waals surface area contributed by atoms with Crippen LogP contribution in [0.25, 0.3) is 0 Å². The van der Waals surface area contributed by atoms with E-state index in [1.54, 1.807) is 18.2 Å². The van der Waals surface area contributed by atoms with Crippen LogP contribution in [0.1, 0.15) is 59.2 Å². The van der Waals surface area contributed by atoms with Crippen LogP contribution in [0.2, 0.25) is 0 Å². The third-order valence-corrected chi connectivity index (χ3v) is 6.79. The Hall–Kier alpha value is -2.74. The summed E-state index contributed by atoms with van der Waals surface area (Å²) in [6, 6.07) is 4.21. The topological polar surface area (TPSA) is 108 Å². The molecule has 3 N–H and O–H groups in total. The second-order valence-electron chi connectivity index (χ2n) is 8.67. The minimum absolute atomic E-state index is 0.119. The fourth-order valence-electron chi connectivity index (χ4n) is 5.03. The van der Waals surface area contributed by atoms with Crippen LogP contribution in [-0.2, 0) is 9.59 Å². The number of amides is 4. The van der Waals surface area contributed by atoms with Gasteiger partial charge in [0.2, 0.25) is 11.8 Å². The second-order valence-corrected chi connectivity index (χ2v) is 8.67. The van der Waals surface area contributed by atoms with Gasteiger partial charge in [-0.15, -0.1) is 0 Å². The summed E-state index contributed by atoms with van der Waals surface area (Å²) >= 11 is 0. The van der Waals surface area contributed by atoms with E-state index in [9.17, 15) is 19.2 Å². The third-order valence-electron chi connectivity index (χ3n) is 6.79. The number of anilines is 1. The summed E-state index contributed by atoms with van der Waals surface area (Å²) < 4.78 is 0. The first kappa shape index (κ1) is 18.3. The van der Waals surface area contributed by atoms with Crippen molar-refractivity contribution in [3.8, 4) is 0 Å². The van der Waals surface area contributed by atoms with Crippen molar-refractivity contribution in [2.24, 2.45) is 5.92 Å². The first-order chi connectivity index (χ1) is 14.0. The number of rotatable bonds is 4. The number of hydrogen-bond acceptors (Lipinski definition) is 6. The molecule has 4 aliphatic rings. The molecule has 5 rings (SSSR count). The predicted octanol–water partition coefficient (Wildman–Crippen LogP) is 1.03. The largest absolute Gasteiger partial charge is 0.385 e. The number of fused-ring (bicyclic) bond motifs is 1. The van der Waals surface area contributed by atoms with Crippen molar-refractivity contribution < 1.29 is 19.2 Å². The van der Waals surface area contributed by atoms with E-state index < -0.39 is 23.8 Å². The third kappa shape index (κ3) is 3.02. The Morgan fingerprint density at radius 1 is 1.10 bits per heavy atom. The Morgan fingerprint density at radius 2 is 1.90 bits per heavy atom. The molecule has 4 amide bonds. The first-order valence-corrected chi connectivity index (χ1v) is 10.3. The standard InChI is InChI=1S/C21H24N4O4/c26-17-5-4-16(18(27)24-17)25-19(28)14-3-2-13(8-15(14)20(25)29)22-10-12-9-21(23-11-12)6-1-7-21/h2-3,8,12,16,22-23H,1,4-7,9-11H2,(H,24,26,27). The lowest BCUT2D eigenvalue weighted by Crippen LogP contribution is -2.54. The van der Waals surface area contributed by atoms with Gasteiger partial charge < -0.3 is 10.6 Å². The smallest absolute Gasteiger partial charge is 0.262 e. The van der Waals surface area contributed by atoms with E-state index in [-0.39, 0.29) is 18.7 Å². The SMILES string of the molecule is O=C1CCC(N2C(=O)c3ccc(NCC4CNC5(CCC5)C4)cc3C2=O)C(=O)N1. The number of nitrogens with zero attached hydrogens (tertiary/aromatic N) is 1. The molecule has 1 aromatic carbocycles. The van der Waals surface area contributed by atoms with Gasteiger partial charge in [0.25, 0.3) is 11.8 Å². The zero-order chi connectivity index (χ0) is 20.2. The van der Waals surface area contributed by atoms with E-state index in [0.717, 1.165) is 23.7 Å². The van der Waals surface area contributed by atoms with E-state index in [4.69, 9.17) is 0 Å². The molecular weight excluding hydrogens is 372 g/mol. The summed E-state index contributed by atoms with van der Waals surface area (Å²) in [5, 5.41) is 9.26. The number of carbonyl (C=O) groups excluding carboxylic acids is 4. The Kier molecular flexibility index (Phi) is 4.20. The molecule has 8 nitrogen and oxygen atoms in total. The van der Waals surface area contributed by atoms with Crippen LogP contribution >= 0.6 is 0 Å². The van der Waals surface area contributed by atoms with Crippen LogP contribution in [0, 0.1) is 5.92 Å². The summed E-state index contributed by atoms with van der Waals surface area (Å²) in [6.45, 7) is 1.81. The molecule has 2 unspecified atom stereocenters. The van der Waals surface area contributed by atoms with Crippen molar-refractivity contribution in [2.75, 3.05) is 18.4 Å². The van der Waals surface area contributed by atoms with Crippen LogP contribution in [0.4, 0.5) is 5.69 Å². The maximum absolute atomic E-state index is 12.9. The Bertz CT molecular complexity index is 923. The molecule has 1 saturated carbocycles. The summed E-state index contributed by atoms with van der Waals surface area (Å²) in [5.74, 6) is -1.37. The average molecular weight is 396 g/mol. The van der Waals surface area contributed by atoms with Crippen LogP contribution in [0.3, 0.4) is 0 Å². The lowest BCUT2D eigenvalue weighted by atomic mass is 9.74. The van der Waals surface area contributed by atoms with Gasteiger partial charge in [-0.1, -0.05) is 0 Å². The summed E-state index contributed by atoms with van der Waals surface area (Å²) in [7, 11) is 0. The van der Waals surface area contributed by atoms with Gasteiger partial charge in [-0.05, 0) is 56.2 Å². The predicted molar refractivity (Wildman–Crippen MR) is 104 cm³/mol. The number of hydrogen-bond donors (Lipinski definition) is 3. The summed E-state index contributed by atoms with van der Waals surface area (Å²) in [5.41, 5.74) is 1.77. The van der Waals surface area contributed by atoms with Crippen LogP contribution in [-0.4, -0.2) is 53.2 Å². The highest BCUT2D eigenvalue weighted by atomic mass is 16.2. The lowest BCUT2D eigenvalue weighted by molar-refractivity contribution is -0.136. The van der Waals surface area contributed by atoms with Crippen molar-refractivity contribution in [1.82, 2.24) is 15.5 Å². The number of imide groups is 2. The Morgan fingerprint density at radius 3 is 2.59 bits per heavy atom. The molecular formula is C21H24N4O4. The summed E-state index contributed by atoms with van der Waals surface area (Å²) in [6.07, 6.45) is 5.28. The minimum atomic E-state index is -0.931. The average Bonchev–Trinajstić information content (AvgIpc) is 3.22. The van der Waals surface area contributed by atoms with Gasteiger partial charge in [-0.2, -0.15) is 0 Å².